The van der Waals surface area contributed by atoms with Crippen LogP contribution in [-0.4, -0.2) is 28.1 Å². The zero-order valence-corrected chi connectivity index (χ0v) is 13.1. The van der Waals surface area contributed by atoms with E-state index in [1.807, 2.05) is 12.1 Å². The maximum Gasteiger partial charge on any atom is 0.241 e. The minimum atomic E-state index is -3.45. The van der Waals surface area contributed by atoms with E-state index in [-0.39, 0.29) is 0 Å². The molecule has 0 radical (unpaired) electrons. The third-order valence-electron chi connectivity index (χ3n) is 3.09. The second-order valence-corrected chi connectivity index (χ2v) is 7.20. The van der Waals surface area contributed by atoms with E-state index >= 15 is 0 Å². The monoisotopic (exact) mass is 344 g/mol. The molecule has 6 heteroatoms. The molecule has 104 valence electrons. The van der Waals surface area contributed by atoms with E-state index in [0.29, 0.717) is 11.4 Å². The fourth-order valence-corrected chi connectivity index (χ4v) is 3.78. The smallest absolute Gasteiger partial charge is 0.241 e. The Bertz CT molecular complexity index is 597. The summed E-state index contributed by atoms with van der Waals surface area (Å²) in [7, 11) is -3.45. The molecule has 0 fully saturated rings. The normalized spacial score (nSPS) is 16.2. The molecule has 1 aliphatic heterocycles. The van der Waals surface area contributed by atoms with E-state index in [2.05, 4.69) is 26.0 Å². The van der Waals surface area contributed by atoms with Crippen LogP contribution in [-0.2, 0) is 10.0 Å². The minimum Gasteiger partial charge on any atom is -0.313 e. The number of hydrogen-bond acceptors (Lipinski definition) is 3. The maximum atomic E-state index is 12.3. The van der Waals surface area contributed by atoms with Crippen LogP contribution < -0.4 is 10.0 Å². The van der Waals surface area contributed by atoms with Crippen molar-refractivity contribution in [2.75, 3.05) is 19.6 Å². The Hall–Kier alpha value is -0.690. The van der Waals surface area contributed by atoms with Gasteiger partial charge in [-0.15, -0.1) is 0 Å². The molecule has 0 saturated carbocycles. The second-order valence-electron chi connectivity index (χ2n) is 4.55. The second kappa shape index (κ2) is 6.17. The number of nitrogens with one attached hydrogen (secondary N) is 2. The molecule has 0 unspecified atom stereocenters. The van der Waals surface area contributed by atoms with Crippen molar-refractivity contribution < 1.29 is 8.42 Å². The molecule has 0 spiro atoms. The summed E-state index contributed by atoms with van der Waals surface area (Å²) >= 11 is 3.30. The number of rotatable bonds is 4. The van der Waals surface area contributed by atoms with Crippen LogP contribution in [0.2, 0.25) is 0 Å². The molecule has 2 rings (SSSR count). The standard InChI is InChI=1S/C13H17BrN2O2S/c1-10-2-3-12(14)8-13(10)19(17,18)16-9-11-4-6-15-7-5-11/h2-4,8,15-16H,5-7,9H2,1H3. The van der Waals surface area contributed by atoms with Crippen LogP contribution in [0.5, 0.6) is 0 Å². The van der Waals surface area contributed by atoms with Gasteiger partial charge in [0, 0.05) is 17.6 Å². The van der Waals surface area contributed by atoms with Gasteiger partial charge in [-0.2, -0.15) is 0 Å². The first-order valence-electron chi connectivity index (χ1n) is 6.13. The molecule has 0 aromatic heterocycles. The van der Waals surface area contributed by atoms with Crippen LogP contribution in [0, 0.1) is 6.92 Å². The largest absolute Gasteiger partial charge is 0.313 e. The lowest BCUT2D eigenvalue weighted by atomic mass is 10.1. The molecular formula is C13H17BrN2O2S. The van der Waals surface area contributed by atoms with Crippen LogP contribution in [0.4, 0.5) is 0 Å². The van der Waals surface area contributed by atoms with Gasteiger partial charge in [-0.1, -0.05) is 33.6 Å². The number of halogens is 1. The Labute approximate surface area is 122 Å². The van der Waals surface area contributed by atoms with E-state index in [9.17, 15) is 8.42 Å². The summed E-state index contributed by atoms with van der Waals surface area (Å²) in [6, 6.07) is 5.26. The average molecular weight is 345 g/mol. The lowest BCUT2D eigenvalue weighted by molar-refractivity contribution is 0.581. The molecule has 0 saturated heterocycles. The highest BCUT2D eigenvalue weighted by Gasteiger charge is 2.17. The van der Waals surface area contributed by atoms with Crippen molar-refractivity contribution in [1.82, 2.24) is 10.0 Å². The van der Waals surface area contributed by atoms with Gasteiger partial charge in [0.1, 0.15) is 0 Å². The Morgan fingerprint density at radius 2 is 2.21 bits per heavy atom. The highest BCUT2D eigenvalue weighted by atomic mass is 79.9. The zero-order valence-electron chi connectivity index (χ0n) is 10.7. The predicted molar refractivity (Wildman–Crippen MR) is 79.6 cm³/mol. The topological polar surface area (TPSA) is 58.2 Å². The molecule has 0 aliphatic carbocycles. The van der Waals surface area contributed by atoms with Crippen molar-refractivity contribution in [3.8, 4) is 0 Å². The SMILES string of the molecule is Cc1ccc(Br)cc1S(=O)(=O)NCC1=CCNCC1. The maximum absolute atomic E-state index is 12.3. The van der Waals surface area contributed by atoms with Gasteiger partial charge < -0.3 is 5.32 Å². The molecule has 2 N–H and O–H groups in total. The van der Waals surface area contributed by atoms with E-state index in [1.54, 1.807) is 19.1 Å². The van der Waals surface area contributed by atoms with Gasteiger partial charge in [0.25, 0.3) is 0 Å². The summed E-state index contributed by atoms with van der Waals surface area (Å²) < 4.78 is 28.0. The number of hydrogen-bond donors (Lipinski definition) is 2. The molecule has 19 heavy (non-hydrogen) atoms. The predicted octanol–water partition coefficient (Wildman–Crippen LogP) is 1.96. The molecule has 0 bridgehead atoms. The molecule has 0 atom stereocenters. The fourth-order valence-electron chi connectivity index (χ4n) is 1.96. The van der Waals surface area contributed by atoms with Gasteiger partial charge in [-0.3, -0.25) is 0 Å². The molecule has 1 heterocycles. The first-order valence-corrected chi connectivity index (χ1v) is 8.41. The quantitative estimate of drug-likeness (QED) is 0.821. The van der Waals surface area contributed by atoms with Gasteiger partial charge in [0.15, 0.2) is 0 Å². The zero-order chi connectivity index (χ0) is 13.9. The summed E-state index contributed by atoms with van der Waals surface area (Å²) in [4.78, 5) is 0.330. The van der Waals surface area contributed by atoms with Gasteiger partial charge in [-0.05, 0) is 37.6 Å². The molecule has 1 aliphatic rings. The fraction of sp³-hybridized carbons (Fsp3) is 0.385. The van der Waals surface area contributed by atoms with Crippen LogP contribution in [0.15, 0.2) is 39.2 Å². The molecular weight excluding hydrogens is 328 g/mol. The van der Waals surface area contributed by atoms with Crippen molar-refractivity contribution in [2.24, 2.45) is 0 Å². The van der Waals surface area contributed by atoms with E-state index in [4.69, 9.17) is 0 Å². The molecule has 4 nitrogen and oxygen atoms in total. The van der Waals surface area contributed by atoms with Crippen LogP contribution in [0.25, 0.3) is 0 Å². The molecule has 0 amide bonds. The minimum absolute atomic E-state index is 0.330. The third-order valence-corrected chi connectivity index (χ3v) is 5.12. The van der Waals surface area contributed by atoms with Gasteiger partial charge in [0.2, 0.25) is 10.0 Å². The molecule has 1 aromatic rings. The van der Waals surface area contributed by atoms with E-state index in [0.717, 1.165) is 35.1 Å². The number of sulfonamides is 1. The Kier molecular flexibility index (Phi) is 4.78. The average Bonchev–Trinajstić information content (AvgIpc) is 2.40. The van der Waals surface area contributed by atoms with Gasteiger partial charge >= 0.3 is 0 Å². The van der Waals surface area contributed by atoms with E-state index in [1.165, 1.54) is 0 Å². The van der Waals surface area contributed by atoms with Crippen molar-refractivity contribution in [3.05, 3.63) is 39.9 Å². The van der Waals surface area contributed by atoms with Crippen LogP contribution in [0.1, 0.15) is 12.0 Å². The van der Waals surface area contributed by atoms with Crippen molar-refractivity contribution >= 4 is 26.0 Å². The highest BCUT2D eigenvalue weighted by molar-refractivity contribution is 9.10. The van der Waals surface area contributed by atoms with Crippen molar-refractivity contribution in [1.29, 1.82) is 0 Å². The number of aryl methyl sites for hydroxylation is 1. The van der Waals surface area contributed by atoms with Crippen molar-refractivity contribution in [3.63, 3.8) is 0 Å². The van der Waals surface area contributed by atoms with Gasteiger partial charge in [-0.25, -0.2) is 13.1 Å². The third kappa shape index (κ3) is 3.89. The van der Waals surface area contributed by atoms with E-state index < -0.39 is 10.0 Å². The lowest BCUT2D eigenvalue weighted by Crippen LogP contribution is -2.30. The highest BCUT2D eigenvalue weighted by Crippen LogP contribution is 2.20. The van der Waals surface area contributed by atoms with Crippen molar-refractivity contribution in [2.45, 2.75) is 18.2 Å². The summed E-state index contributed by atoms with van der Waals surface area (Å²) in [5.74, 6) is 0. The Balaban J connectivity index is 2.13. The molecule has 1 aromatic carbocycles. The van der Waals surface area contributed by atoms with Crippen LogP contribution in [0.3, 0.4) is 0 Å². The first-order chi connectivity index (χ1) is 8.99. The number of benzene rings is 1. The summed E-state index contributed by atoms with van der Waals surface area (Å²) in [6.45, 7) is 3.90. The van der Waals surface area contributed by atoms with Crippen LogP contribution >= 0.6 is 15.9 Å². The van der Waals surface area contributed by atoms with Gasteiger partial charge in [0.05, 0.1) is 4.90 Å². The Morgan fingerprint density at radius 3 is 2.89 bits per heavy atom. The summed E-state index contributed by atoms with van der Waals surface area (Å²) in [5, 5.41) is 3.20. The first kappa shape index (κ1) is 14.7. The lowest BCUT2D eigenvalue weighted by Gasteiger charge is -2.15. The summed E-state index contributed by atoms with van der Waals surface area (Å²) in [6.07, 6.45) is 2.93. The summed E-state index contributed by atoms with van der Waals surface area (Å²) in [5.41, 5.74) is 1.88. The Morgan fingerprint density at radius 1 is 1.42 bits per heavy atom.